The molecule has 0 amide bonds. The Morgan fingerprint density at radius 3 is 2.56 bits per heavy atom. The second kappa shape index (κ2) is 13.1. The summed E-state index contributed by atoms with van der Waals surface area (Å²) in [6.07, 6.45) is 3.54. The molecule has 1 aliphatic heterocycles. The van der Waals surface area contributed by atoms with Crippen molar-refractivity contribution < 1.29 is 19.4 Å². The van der Waals surface area contributed by atoms with Gasteiger partial charge in [-0.2, -0.15) is 4.98 Å². The van der Waals surface area contributed by atoms with Gasteiger partial charge in [0.15, 0.2) is 5.82 Å². The van der Waals surface area contributed by atoms with Crippen LogP contribution in [0.4, 0.5) is 11.5 Å². The number of hydrogen-bond acceptors (Lipinski definition) is 9. The molecule has 3 heterocycles. The van der Waals surface area contributed by atoms with Gasteiger partial charge < -0.3 is 25.2 Å². The number of nitrogens with one attached hydrogen (secondary N) is 2. The number of carbonyl (C=O) groups is 1. The quantitative estimate of drug-likeness (QED) is 0.497. The summed E-state index contributed by atoms with van der Waals surface area (Å²) in [5.41, 5.74) is 1.79. The number of aryl methyl sites for hydroxylation is 1. The molecule has 2 aromatic rings. The zero-order valence-corrected chi connectivity index (χ0v) is 20.2. The number of nitrogens with zero attached hydrogens (tertiary/aromatic N) is 3. The Balaban J connectivity index is 0.000000534. The van der Waals surface area contributed by atoms with Gasteiger partial charge in [-0.3, -0.25) is 4.79 Å². The third-order valence-corrected chi connectivity index (χ3v) is 5.45. The fourth-order valence-corrected chi connectivity index (χ4v) is 3.47. The molecule has 0 spiro atoms. The maximum Gasteiger partial charge on any atom is 0.305 e. The fraction of sp³-hybridized carbons (Fsp3) is 0.545. The Hall–Kier alpha value is -2.59. The number of rotatable bonds is 8. The van der Waals surface area contributed by atoms with E-state index < -0.39 is 5.97 Å². The molecule has 0 unspecified atom stereocenters. The SMILES string of the molecule is CC(C)C(=O)O.CCSc1ccc(Nc2ncnc(OC3CCNCC3)c2OC)c(C)n1. The van der Waals surface area contributed by atoms with Crippen molar-refractivity contribution in [1.82, 2.24) is 20.3 Å². The average Bonchev–Trinajstić information content (AvgIpc) is 2.77. The molecule has 0 aliphatic carbocycles. The van der Waals surface area contributed by atoms with Crippen LogP contribution in [-0.4, -0.2) is 58.1 Å². The number of anilines is 2. The number of aliphatic carboxylic acids is 1. The zero-order valence-electron chi connectivity index (χ0n) is 19.3. The van der Waals surface area contributed by atoms with Crippen LogP contribution in [0.1, 0.15) is 39.3 Å². The smallest absolute Gasteiger partial charge is 0.305 e. The van der Waals surface area contributed by atoms with Gasteiger partial charge in [-0.25, -0.2) is 9.97 Å². The first-order valence-electron chi connectivity index (χ1n) is 10.7. The molecule has 3 N–H and O–H groups in total. The van der Waals surface area contributed by atoms with Crippen LogP contribution in [-0.2, 0) is 4.79 Å². The first-order valence-corrected chi connectivity index (χ1v) is 11.7. The van der Waals surface area contributed by atoms with Crippen LogP contribution in [0.5, 0.6) is 11.6 Å². The van der Waals surface area contributed by atoms with Gasteiger partial charge in [0.2, 0.25) is 5.75 Å². The summed E-state index contributed by atoms with van der Waals surface area (Å²) in [6.45, 7) is 9.28. The Bertz CT molecular complexity index is 875. The molecule has 0 atom stereocenters. The number of thioether (sulfide) groups is 1. The molecule has 0 radical (unpaired) electrons. The minimum absolute atomic E-state index is 0.140. The summed E-state index contributed by atoms with van der Waals surface area (Å²) < 4.78 is 11.6. The maximum atomic E-state index is 9.70. The highest BCUT2D eigenvalue weighted by Gasteiger charge is 2.20. The Labute approximate surface area is 193 Å². The lowest BCUT2D eigenvalue weighted by atomic mass is 10.1. The van der Waals surface area contributed by atoms with E-state index in [1.807, 2.05) is 19.1 Å². The number of piperidine rings is 1. The van der Waals surface area contributed by atoms with Crippen LogP contribution in [0.15, 0.2) is 23.5 Å². The zero-order chi connectivity index (χ0) is 23.5. The number of ether oxygens (including phenoxy) is 2. The normalized spacial score (nSPS) is 13.8. The molecule has 2 aromatic heterocycles. The minimum Gasteiger partial charge on any atom is -0.489 e. The van der Waals surface area contributed by atoms with Crippen LogP contribution < -0.4 is 20.1 Å². The molecule has 10 heteroatoms. The molecule has 1 aliphatic rings. The van der Waals surface area contributed by atoms with Crippen LogP contribution >= 0.6 is 11.8 Å². The van der Waals surface area contributed by atoms with Crippen molar-refractivity contribution >= 4 is 29.2 Å². The van der Waals surface area contributed by atoms with Gasteiger partial charge in [-0.05, 0) is 50.7 Å². The molecule has 9 nitrogen and oxygen atoms in total. The van der Waals surface area contributed by atoms with E-state index in [1.54, 1.807) is 32.7 Å². The average molecular weight is 464 g/mol. The lowest BCUT2D eigenvalue weighted by molar-refractivity contribution is -0.140. The largest absolute Gasteiger partial charge is 0.489 e. The number of hydrogen-bond donors (Lipinski definition) is 3. The predicted octanol–water partition coefficient (Wildman–Crippen LogP) is 3.90. The molecule has 3 rings (SSSR count). The van der Waals surface area contributed by atoms with Gasteiger partial charge >= 0.3 is 5.97 Å². The van der Waals surface area contributed by atoms with Crippen molar-refractivity contribution in [2.45, 2.75) is 51.7 Å². The van der Waals surface area contributed by atoms with Crippen LogP contribution in [0.2, 0.25) is 0 Å². The van der Waals surface area contributed by atoms with Crippen LogP contribution in [0, 0.1) is 12.8 Å². The number of methoxy groups -OCH3 is 1. The molecule has 32 heavy (non-hydrogen) atoms. The van der Waals surface area contributed by atoms with Gasteiger partial charge in [-0.15, -0.1) is 11.8 Å². The van der Waals surface area contributed by atoms with E-state index in [1.165, 1.54) is 6.33 Å². The van der Waals surface area contributed by atoms with Crippen molar-refractivity contribution in [2.75, 3.05) is 31.3 Å². The first kappa shape index (κ1) is 25.7. The van der Waals surface area contributed by atoms with Gasteiger partial charge in [0.25, 0.3) is 5.88 Å². The monoisotopic (exact) mass is 463 g/mol. The Kier molecular flexibility index (Phi) is 10.5. The first-order chi connectivity index (χ1) is 15.3. The predicted molar refractivity (Wildman–Crippen MR) is 126 cm³/mol. The summed E-state index contributed by atoms with van der Waals surface area (Å²) in [6, 6.07) is 4.01. The standard InChI is InChI=1S/C18H25N5O2S.C4H8O2/c1-4-26-15-6-5-14(12(2)22-15)23-17-16(24-3)18(21-11-20-17)25-13-7-9-19-10-8-13;1-3(2)4(5)6/h5-6,11,13,19H,4,7-10H2,1-3H3,(H,20,21,23);3H,1-2H3,(H,5,6). The van der Waals surface area contributed by atoms with Gasteiger partial charge in [-0.1, -0.05) is 20.8 Å². The van der Waals surface area contributed by atoms with Crippen molar-refractivity contribution in [3.8, 4) is 11.6 Å². The molecular formula is C22H33N5O4S. The van der Waals surface area contributed by atoms with E-state index in [-0.39, 0.29) is 12.0 Å². The number of pyridine rings is 1. The number of aromatic nitrogens is 3. The number of carboxylic acid groups (broad SMARTS) is 1. The molecule has 176 valence electrons. The minimum atomic E-state index is -0.741. The fourth-order valence-electron chi connectivity index (χ4n) is 2.81. The Morgan fingerprint density at radius 2 is 2.00 bits per heavy atom. The maximum absolute atomic E-state index is 9.70. The summed E-state index contributed by atoms with van der Waals surface area (Å²) in [5.74, 6) is 1.58. The number of carboxylic acids is 1. The summed E-state index contributed by atoms with van der Waals surface area (Å²) in [5, 5.41) is 15.6. The van der Waals surface area contributed by atoms with E-state index in [9.17, 15) is 4.79 Å². The highest BCUT2D eigenvalue weighted by molar-refractivity contribution is 7.99. The molecule has 1 fully saturated rings. The van der Waals surface area contributed by atoms with Gasteiger partial charge in [0, 0.05) is 0 Å². The third-order valence-electron chi connectivity index (χ3n) is 4.64. The van der Waals surface area contributed by atoms with E-state index in [0.29, 0.717) is 17.4 Å². The summed E-state index contributed by atoms with van der Waals surface area (Å²) in [4.78, 5) is 22.9. The molecule has 1 saturated heterocycles. The van der Waals surface area contributed by atoms with Gasteiger partial charge in [0.1, 0.15) is 12.4 Å². The van der Waals surface area contributed by atoms with Crippen molar-refractivity contribution in [3.05, 3.63) is 24.2 Å². The molecule has 0 bridgehead atoms. The van der Waals surface area contributed by atoms with Gasteiger partial charge in [0.05, 0.1) is 29.4 Å². The third kappa shape index (κ3) is 7.83. The van der Waals surface area contributed by atoms with Crippen molar-refractivity contribution in [1.29, 1.82) is 0 Å². The van der Waals surface area contributed by atoms with Crippen LogP contribution in [0.3, 0.4) is 0 Å². The summed E-state index contributed by atoms with van der Waals surface area (Å²) in [7, 11) is 1.60. The topological polar surface area (TPSA) is 118 Å². The molecular weight excluding hydrogens is 430 g/mol. The molecule has 0 saturated carbocycles. The second-order valence-electron chi connectivity index (χ2n) is 7.46. The lowest BCUT2D eigenvalue weighted by Crippen LogP contribution is -2.34. The van der Waals surface area contributed by atoms with E-state index in [4.69, 9.17) is 14.6 Å². The molecule has 0 aromatic carbocycles. The summed E-state index contributed by atoms with van der Waals surface area (Å²) >= 11 is 1.72. The van der Waals surface area contributed by atoms with E-state index >= 15 is 0 Å². The van der Waals surface area contributed by atoms with E-state index in [2.05, 4.69) is 32.5 Å². The van der Waals surface area contributed by atoms with E-state index in [0.717, 1.165) is 48.1 Å². The second-order valence-corrected chi connectivity index (χ2v) is 8.75. The highest BCUT2D eigenvalue weighted by Crippen LogP contribution is 2.35. The Morgan fingerprint density at radius 1 is 1.31 bits per heavy atom. The van der Waals surface area contributed by atoms with Crippen LogP contribution in [0.25, 0.3) is 0 Å². The van der Waals surface area contributed by atoms with Crippen molar-refractivity contribution in [3.63, 3.8) is 0 Å². The highest BCUT2D eigenvalue weighted by atomic mass is 32.2. The van der Waals surface area contributed by atoms with Crippen molar-refractivity contribution in [2.24, 2.45) is 5.92 Å². The lowest BCUT2D eigenvalue weighted by Gasteiger charge is -2.24.